The minimum absolute atomic E-state index is 0.105. The molecule has 0 aliphatic carbocycles. The van der Waals surface area contributed by atoms with Crippen LogP contribution in [0.1, 0.15) is 0 Å². The van der Waals surface area contributed by atoms with Crippen LogP contribution < -0.4 is 9.46 Å². The van der Waals surface area contributed by atoms with E-state index in [0.717, 1.165) is 12.1 Å². The third-order valence-electron chi connectivity index (χ3n) is 2.59. The molecule has 2 aromatic carbocycles. The summed E-state index contributed by atoms with van der Waals surface area (Å²) in [4.78, 5) is -0.164. The van der Waals surface area contributed by atoms with Gasteiger partial charge in [-0.2, -0.15) is 0 Å². The third kappa shape index (κ3) is 3.51. The summed E-state index contributed by atoms with van der Waals surface area (Å²) in [6.45, 7) is 0. The maximum absolute atomic E-state index is 13.6. The molecule has 4 nitrogen and oxygen atoms in total. The van der Waals surface area contributed by atoms with E-state index >= 15 is 0 Å². The van der Waals surface area contributed by atoms with Gasteiger partial charge in [-0.3, -0.25) is 4.72 Å². The number of rotatable bonds is 4. The first-order chi connectivity index (χ1) is 9.83. The predicted molar refractivity (Wildman–Crippen MR) is 77.9 cm³/mol. The van der Waals surface area contributed by atoms with Gasteiger partial charge in [0.25, 0.3) is 10.0 Å². The summed E-state index contributed by atoms with van der Waals surface area (Å²) in [7, 11) is -2.76. The summed E-state index contributed by atoms with van der Waals surface area (Å²) in [5.74, 6) is -1.70. The molecule has 0 aromatic heterocycles. The van der Waals surface area contributed by atoms with E-state index in [4.69, 9.17) is 4.74 Å². The molecule has 2 rings (SSSR count). The van der Waals surface area contributed by atoms with Crippen LogP contribution in [0.25, 0.3) is 0 Å². The van der Waals surface area contributed by atoms with E-state index in [0.29, 0.717) is 10.5 Å². The molecule has 0 spiro atoms. The Labute approximate surface area is 128 Å². The van der Waals surface area contributed by atoms with Crippen molar-refractivity contribution in [2.75, 3.05) is 11.8 Å². The van der Waals surface area contributed by atoms with Crippen molar-refractivity contribution in [2.24, 2.45) is 0 Å². The lowest BCUT2D eigenvalue weighted by molar-refractivity contribution is 0.402. The van der Waals surface area contributed by atoms with Crippen molar-refractivity contribution in [3.63, 3.8) is 0 Å². The zero-order valence-electron chi connectivity index (χ0n) is 10.7. The largest absolute Gasteiger partial charge is 0.495 e. The summed E-state index contributed by atoms with van der Waals surface area (Å²) in [6.07, 6.45) is 0. The highest BCUT2D eigenvalue weighted by Crippen LogP contribution is 2.29. The van der Waals surface area contributed by atoms with Crippen LogP contribution in [-0.4, -0.2) is 15.5 Å². The number of ether oxygens (including phenoxy) is 1. The number of sulfonamides is 1. The monoisotopic (exact) mass is 377 g/mol. The van der Waals surface area contributed by atoms with E-state index in [2.05, 4.69) is 20.7 Å². The minimum Gasteiger partial charge on any atom is -0.495 e. The van der Waals surface area contributed by atoms with Crippen molar-refractivity contribution in [3.8, 4) is 5.75 Å². The Morgan fingerprint density at radius 2 is 1.86 bits per heavy atom. The van der Waals surface area contributed by atoms with Crippen molar-refractivity contribution in [2.45, 2.75) is 4.90 Å². The molecule has 0 radical (unpaired) electrons. The quantitative estimate of drug-likeness (QED) is 0.886. The zero-order valence-corrected chi connectivity index (χ0v) is 13.1. The summed E-state index contributed by atoms with van der Waals surface area (Å²) >= 11 is 3.16. The molecule has 0 amide bonds. The lowest BCUT2D eigenvalue weighted by Gasteiger charge is -2.12. The molecule has 0 bridgehead atoms. The van der Waals surface area contributed by atoms with Crippen LogP contribution in [0, 0.1) is 11.6 Å². The molecule has 0 heterocycles. The Morgan fingerprint density at radius 1 is 1.14 bits per heavy atom. The fourth-order valence-corrected chi connectivity index (χ4v) is 3.41. The van der Waals surface area contributed by atoms with Crippen LogP contribution in [-0.2, 0) is 10.0 Å². The molecule has 0 fully saturated rings. The van der Waals surface area contributed by atoms with Gasteiger partial charge in [-0.25, -0.2) is 17.2 Å². The normalized spacial score (nSPS) is 11.2. The first-order valence-corrected chi connectivity index (χ1v) is 7.92. The number of halogens is 3. The Hall–Kier alpha value is -1.67. The van der Waals surface area contributed by atoms with E-state index < -0.39 is 21.7 Å². The lowest BCUT2D eigenvalue weighted by Crippen LogP contribution is -2.15. The van der Waals surface area contributed by atoms with Gasteiger partial charge in [0.05, 0.1) is 12.8 Å². The number of hydrogen-bond donors (Lipinski definition) is 1. The summed E-state index contributed by atoms with van der Waals surface area (Å²) < 4.78 is 58.5. The van der Waals surface area contributed by atoms with E-state index in [9.17, 15) is 17.2 Å². The second-order valence-corrected chi connectivity index (χ2v) is 6.59. The van der Waals surface area contributed by atoms with Gasteiger partial charge in [-0.15, -0.1) is 0 Å². The second kappa shape index (κ2) is 5.98. The van der Waals surface area contributed by atoms with Gasteiger partial charge in [0.2, 0.25) is 0 Å². The summed E-state index contributed by atoms with van der Waals surface area (Å²) in [6, 6.07) is 6.94. The SMILES string of the molecule is COc1ccc(Br)cc1S(=O)(=O)Nc1ccc(F)cc1F. The highest BCUT2D eigenvalue weighted by molar-refractivity contribution is 9.10. The fraction of sp³-hybridized carbons (Fsp3) is 0.0769. The number of benzene rings is 2. The van der Waals surface area contributed by atoms with Gasteiger partial charge >= 0.3 is 0 Å². The highest BCUT2D eigenvalue weighted by Gasteiger charge is 2.21. The summed E-state index contributed by atoms with van der Waals surface area (Å²) in [5, 5.41) is 0. The molecule has 8 heteroatoms. The van der Waals surface area contributed by atoms with E-state index in [1.165, 1.54) is 19.2 Å². The maximum atomic E-state index is 13.6. The van der Waals surface area contributed by atoms with Crippen molar-refractivity contribution in [3.05, 3.63) is 52.5 Å². The molecule has 1 N–H and O–H groups in total. The van der Waals surface area contributed by atoms with Gasteiger partial charge in [0.15, 0.2) is 0 Å². The van der Waals surface area contributed by atoms with Crippen LogP contribution in [0.4, 0.5) is 14.5 Å². The molecule has 112 valence electrons. The lowest BCUT2D eigenvalue weighted by atomic mass is 10.3. The van der Waals surface area contributed by atoms with Crippen LogP contribution in [0.3, 0.4) is 0 Å². The van der Waals surface area contributed by atoms with Crippen LogP contribution in [0.15, 0.2) is 45.8 Å². The molecular formula is C13H10BrF2NO3S. The van der Waals surface area contributed by atoms with Crippen molar-refractivity contribution in [1.82, 2.24) is 0 Å². The average molecular weight is 378 g/mol. The van der Waals surface area contributed by atoms with Crippen LogP contribution in [0.2, 0.25) is 0 Å². The first-order valence-electron chi connectivity index (χ1n) is 5.65. The van der Waals surface area contributed by atoms with Gasteiger partial charge in [-0.05, 0) is 30.3 Å². The van der Waals surface area contributed by atoms with Crippen molar-refractivity contribution < 1.29 is 21.9 Å². The van der Waals surface area contributed by atoms with Gasteiger partial charge in [0.1, 0.15) is 22.3 Å². The summed E-state index contributed by atoms with van der Waals surface area (Å²) in [5.41, 5.74) is -0.349. The maximum Gasteiger partial charge on any atom is 0.265 e. The van der Waals surface area contributed by atoms with Gasteiger partial charge in [-0.1, -0.05) is 15.9 Å². The third-order valence-corrected chi connectivity index (χ3v) is 4.47. The Kier molecular flexibility index (Phi) is 4.48. The van der Waals surface area contributed by atoms with Gasteiger partial charge in [0, 0.05) is 10.5 Å². The van der Waals surface area contributed by atoms with Crippen molar-refractivity contribution in [1.29, 1.82) is 0 Å². The minimum atomic E-state index is -4.08. The van der Waals surface area contributed by atoms with E-state index in [-0.39, 0.29) is 16.3 Å². The standard InChI is InChI=1S/C13H10BrF2NO3S/c1-20-12-5-2-8(14)6-13(12)21(18,19)17-11-4-3-9(15)7-10(11)16/h2-7,17H,1H3. The number of hydrogen-bond acceptors (Lipinski definition) is 3. The highest BCUT2D eigenvalue weighted by atomic mass is 79.9. The molecule has 0 saturated heterocycles. The number of anilines is 1. The van der Waals surface area contributed by atoms with E-state index in [1.54, 1.807) is 6.07 Å². The molecule has 2 aromatic rings. The fourth-order valence-electron chi connectivity index (χ4n) is 1.63. The topological polar surface area (TPSA) is 55.4 Å². The van der Waals surface area contributed by atoms with Crippen LogP contribution in [0.5, 0.6) is 5.75 Å². The Morgan fingerprint density at radius 3 is 2.48 bits per heavy atom. The number of nitrogens with one attached hydrogen (secondary N) is 1. The van der Waals surface area contributed by atoms with Gasteiger partial charge < -0.3 is 4.74 Å². The molecule has 0 aliphatic heterocycles. The Balaban J connectivity index is 2.45. The molecule has 0 aliphatic rings. The van der Waals surface area contributed by atoms with E-state index in [1.807, 2.05) is 0 Å². The molecular weight excluding hydrogens is 368 g/mol. The second-order valence-electron chi connectivity index (χ2n) is 4.02. The zero-order chi connectivity index (χ0) is 15.6. The smallest absolute Gasteiger partial charge is 0.265 e. The Bertz CT molecular complexity index is 781. The van der Waals surface area contributed by atoms with Crippen molar-refractivity contribution >= 4 is 31.6 Å². The molecule has 0 saturated carbocycles. The molecule has 21 heavy (non-hydrogen) atoms. The average Bonchev–Trinajstić information content (AvgIpc) is 2.42. The predicted octanol–water partition coefficient (Wildman–Crippen LogP) is 3.54. The number of methoxy groups -OCH3 is 1. The molecule has 0 atom stereocenters. The van der Waals surface area contributed by atoms with Crippen LogP contribution >= 0.6 is 15.9 Å². The first kappa shape index (κ1) is 15.7. The molecule has 0 unspecified atom stereocenters.